The number of hydrogen-bond donors (Lipinski definition) is 3. The highest BCUT2D eigenvalue weighted by Crippen LogP contribution is 2.40. The molecule has 9 heteroatoms. The van der Waals surface area contributed by atoms with Crippen molar-refractivity contribution in [1.29, 1.82) is 4.78 Å². The highest BCUT2D eigenvalue weighted by Gasteiger charge is 2.47. The fraction of sp³-hybridized carbons (Fsp3) is 0.900. The molecule has 2 atom stereocenters. The van der Waals surface area contributed by atoms with Gasteiger partial charge in [-0.2, -0.15) is 13.2 Å². The predicted octanol–water partition coefficient (Wildman–Crippen LogP) is 1.81. The lowest BCUT2D eigenvalue weighted by atomic mass is 9.90. The number of alkyl halides is 3. The van der Waals surface area contributed by atoms with Crippen LogP contribution in [0.25, 0.3) is 0 Å². The minimum Gasteiger partial charge on any atom is -0.480 e. The van der Waals surface area contributed by atoms with Gasteiger partial charge in [-0.3, -0.25) is 9.57 Å². The second-order valence-electron chi connectivity index (χ2n) is 5.09. The summed E-state index contributed by atoms with van der Waals surface area (Å²) in [6.07, 6.45) is -5.06. The first-order chi connectivity index (χ1) is 8.28. The van der Waals surface area contributed by atoms with Gasteiger partial charge in [-0.25, -0.2) is 4.21 Å². The minimum absolute atomic E-state index is 0.190. The van der Waals surface area contributed by atoms with Crippen molar-refractivity contribution in [2.45, 2.75) is 38.9 Å². The Labute approximate surface area is 110 Å². The van der Waals surface area contributed by atoms with Gasteiger partial charge in [0.15, 0.2) is 0 Å². The molecule has 0 bridgehead atoms. The van der Waals surface area contributed by atoms with Crippen LogP contribution in [0, 0.1) is 10.2 Å². The van der Waals surface area contributed by atoms with Gasteiger partial charge < -0.3 is 10.8 Å². The molecule has 0 radical (unpaired) electrons. The number of carbonyl (C=O) groups is 1. The van der Waals surface area contributed by atoms with Crippen molar-refractivity contribution in [3.05, 3.63) is 0 Å². The van der Waals surface area contributed by atoms with Crippen LogP contribution >= 0.6 is 0 Å². The average molecular weight is 304 g/mol. The summed E-state index contributed by atoms with van der Waals surface area (Å²) in [7, 11) is -3.25. The molecule has 0 spiro atoms. The summed E-state index contributed by atoms with van der Waals surface area (Å²) >= 11 is 0. The van der Waals surface area contributed by atoms with E-state index in [4.69, 9.17) is 15.6 Å². The van der Waals surface area contributed by atoms with Crippen LogP contribution in [0.4, 0.5) is 13.2 Å². The first kappa shape index (κ1) is 18.2. The molecule has 5 nitrogen and oxygen atoms in total. The lowest BCUT2D eigenvalue weighted by Crippen LogP contribution is -2.35. The summed E-state index contributed by atoms with van der Waals surface area (Å²) in [4.78, 5) is 10.4. The normalized spacial score (nSPS) is 17.8. The SMILES string of the molecule is CC(C)(CCS(=N)(=O)CC[C@H](N)C(=O)O)C(F)(F)F. The molecule has 0 heterocycles. The van der Waals surface area contributed by atoms with Gasteiger partial charge in [0.05, 0.1) is 5.41 Å². The Hall–Kier alpha value is -0.830. The smallest absolute Gasteiger partial charge is 0.394 e. The number of carboxylic acid groups (broad SMARTS) is 1. The third-order valence-corrected chi connectivity index (χ3v) is 4.66. The van der Waals surface area contributed by atoms with E-state index in [0.717, 1.165) is 13.8 Å². The summed E-state index contributed by atoms with van der Waals surface area (Å²) in [5.41, 5.74) is 3.16. The maximum atomic E-state index is 12.6. The molecule has 0 aromatic rings. The molecule has 0 fully saturated rings. The van der Waals surface area contributed by atoms with Crippen LogP contribution in [0.5, 0.6) is 0 Å². The van der Waals surface area contributed by atoms with Crippen LogP contribution in [-0.4, -0.2) is 39.0 Å². The van der Waals surface area contributed by atoms with Crippen molar-refractivity contribution in [3.8, 4) is 0 Å². The first-order valence-corrected chi connectivity index (χ1v) is 7.47. The zero-order chi connectivity index (χ0) is 15.5. The molecular formula is C10H19F3N2O3S. The summed E-state index contributed by atoms with van der Waals surface area (Å²) in [5, 5.41) is 8.52. The van der Waals surface area contributed by atoms with E-state index in [1.807, 2.05) is 0 Å². The molecule has 0 aliphatic heterocycles. The molecule has 0 rings (SSSR count). The number of aliphatic carboxylic acids is 1. The van der Waals surface area contributed by atoms with Crippen LogP contribution in [-0.2, 0) is 14.5 Å². The van der Waals surface area contributed by atoms with Crippen LogP contribution in [0.1, 0.15) is 26.7 Å². The summed E-state index contributed by atoms with van der Waals surface area (Å²) < 4.78 is 56.9. The summed E-state index contributed by atoms with van der Waals surface area (Å²) in [6, 6.07) is -1.25. The third-order valence-electron chi connectivity index (χ3n) is 2.90. The Bertz CT molecular complexity index is 418. The van der Waals surface area contributed by atoms with Gasteiger partial charge in [-0.05, 0) is 12.8 Å². The van der Waals surface area contributed by atoms with Crippen molar-refractivity contribution < 1.29 is 27.3 Å². The molecular weight excluding hydrogens is 285 g/mol. The summed E-state index contributed by atoms with van der Waals surface area (Å²) in [5.74, 6) is -2.02. The first-order valence-electron chi connectivity index (χ1n) is 5.58. The van der Waals surface area contributed by atoms with Crippen LogP contribution in [0.2, 0.25) is 0 Å². The lowest BCUT2D eigenvalue weighted by Gasteiger charge is -2.27. The lowest BCUT2D eigenvalue weighted by molar-refractivity contribution is -0.211. The van der Waals surface area contributed by atoms with E-state index in [1.165, 1.54) is 0 Å². The zero-order valence-electron chi connectivity index (χ0n) is 10.8. The Balaban J connectivity index is 4.45. The molecule has 0 aliphatic rings. The summed E-state index contributed by atoms with van der Waals surface area (Å²) in [6.45, 7) is 1.96. The third kappa shape index (κ3) is 6.24. The molecule has 0 amide bonds. The number of carboxylic acids is 1. The Morgan fingerprint density at radius 3 is 2.21 bits per heavy atom. The van der Waals surface area contributed by atoms with E-state index in [2.05, 4.69) is 0 Å². The number of nitrogens with two attached hydrogens (primary N) is 1. The van der Waals surface area contributed by atoms with Crippen molar-refractivity contribution in [3.63, 3.8) is 0 Å². The number of hydrogen-bond acceptors (Lipinski definition) is 4. The van der Waals surface area contributed by atoms with Gasteiger partial charge in [0.25, 0.3) is 0 Å². The molecule has 0 aromatic heterocycles. The van der Waals surface area contributed by atoms with E-state index < -0.39 is 45.5 Å². The van der Waals surface area contributed by atoms with Gasteiger partial charge in [-0.15, -0.1) is 0 Å². The molecule has 1 unspecified atom stereocenters. The fourth-order valence-corrected chi connectivity index (χ4v) is 2.78. The highest BCUT2D eigenvalue weighted by atomic mass is 32.2. The van der Waals surface area contributed by atoms with E-state index in [1.54, 1.807) is 0 Å². The maximum absolute atomic E-state index is 12.6. The average Bonchev–Trinajstić information content (AvgIpc) is 2.22. The van der Waals surface area contributed by atoms with Gasteiger partial charge in [0.2, 0.25) is 0 Å². The largest absolute Gasteiger partial charge is 0.480 e. The minimum atomic E-state index is -4.43. The number of halogens is 3. The van der Waals surface area contributed by atoms with Crippen molar-refractivity contribution in [2.24, 2.45) is 11.1 Å². The van der Waals surface area contributed by atoms with Gasteiger partial charge >= 0.3 is 12.1 Å². The van der Waals surface area contributed by atoms with Crippen LogP contribution in [0.3, 0.4) is 0 Å². The standard InChI is InChI=1S/C10H19F3N2O3S/c1-9(2,10(11,12)13)4-6-19(15,18)5-3-7(14)8(16)17/h7,15H,3-6,14H2,1-2H3,(H,16,17)/t7-,19?/m0/s1. The molecule has 0 aromatic carbocycles. The molecule has 114 valence electrons. The van der Waals surface area contributed by atoms with Crippen molar-refractivity contribution >= 4 is 15.7 Å². The molecule has 19 heavy (non-hydrogen) atoms. The van der Waals surface area contributed by atoms with Crippen molar-refractivity contribution in [1.82, 2.24) is 0 Å². The van der Waals surface area contributed by atoms with Gasteiger partial charge in [-0.1, -0.05) is 13.8 Å². The van der Waals surface area contributed by atoms with E-state index in [9.17, 15) is 22.2 Å². The zero-order valence-corrected chi connectivity index (χ0v) is 11.6. The number of nitrogens with one attached hydrogen (secondary N) is 1. The quantitative estimate of drug-likeness (QED) is 0.667. The van der Waals surface area contributed by atoms with Gasteiger partial charge in [0.1, 0.15) is 6.04 Å². The van der Waals surface area contributed by atoms with Crippen LogP contribution in [0.15, 0.2) is 0 Å². The number of rotatable bonds is 7. The van der Waals surface area contributed by atoms with E-state index in [-0.39, 0.29) is 12.2 Å². The Kier molecular flexibility index (Phi) is 5.82. The second kappa shape index (κ2) is 6.08. The second-order valence-corrected chi connectivity index (χ2v) is 7.53. The molecule has 4 N–H and O–H groups in total. The van der Waals surface area contributed by atoms with E-state index >= 15 is 0 Å². The Morgan fingerprint density at radius 1 is 1.37 bits per heavy atom. The van der Waals surface area contributed by atoms with Crippen molar-refractivity contribution in [2.75, 3.05) is 11.5 Å². The fourth-order valence-electron chi connectivity index (χ4n) is 1.10. The topological polar surface area (TPSA) is 104 Å². The molecule has 0 aliphatic carbocycles. The van der Waals surface area contributed by atoms with Crippen LogP contribution < -0.4 is 5.73 Å². The predicted molar refractivity (Wildman–Crippen MR) is 65.3 cm³/mol. The molecule has 0 saturated carbocycles. The molecule has 0 saturated heterocycles. The van der Waals surface area contributed by atoms with Gasteiger partial charge in [0, 0.05) is 21.2 Å². The highest BCUT2D eigenvalue weighted by molar-refractivity contribution is 7.92. The monoisotopic (exact) mass is 304 g/mol. The maximum Gasteiger partial charge on any atom is 0.394 e. The Morgan fingerprint density at radius 2 is 1.84 bits per heavy atom. The van der Waals surface area contributed by atoms with E-state index in [0.29, 0.717) is 0 Å².